The first kappa shape index (κ1) is 25.2. The summed E-state index contributed by atoms with van der Waals surface area (Å²) in [6.45, 7) is 3.33. The number of ether oxygens (including phenoxy) is 2. The van der Waals surface area contributed by atoms with Crippen LogP contribution in [0, 0.1) is 9.49 Å². The molecule has 0 spiro atoms. The first-order valence-corrected chi connectivity index (χ1v) is 11.9. The van der Waals surface area contributed by atoms with Crippen LogP contribution < -0.4 is 4.74 Å². The Kier molecular flexibility index (Phi) is 8.05. The number of halogens is 4. The highest BCUT2D eigenvalue weighted by Gasteiger charge is 2.47. The normalized spacial score (nSPS) is 17.7. The summed E-state index contributed by atoms with van der Waals surface area (Å²) >= 11 is 2.07. The Balaban J connectivity index is 2.04. The number of carbonyl (C=O) groups is 1. The van der Waals surface area contributed by atoms with Gasteiger partial charge >= 0.3 is 11.2 Å². The molecule has 0 radical (unpaired) electrons. The lowest BCUT2D eigenvalue weighted by Gasteiger charge is -2.34. The lowest BCUT2D eigenvalue weighted by molar-refractivity contribution is -0.0169. The van der Waals surface area contributed by atoms with E-state index in [0.717, 1.165) is 29.3 Å². The SMILES string of the molecule is CC(C)C1(Oc2cc(C(=O)OCCC(F)C(F)(F)S(=O)(=O)[O-])ccc2I)CCCC1. The van der Waals surface area contributed by atoms with E-state index >= 15 is 0 Å². The molecule has 11 heteroatoms. The van der Waals surface area contributed by atoms with Gasteiger partial charge in [-0.25, -0.2) is 17.6 Å². The summed E-state index contributed by atoms with van der Waals surface area (Å²) in [5.74, 6) is -0.151. The molecule has 30 heavy (non-hydrogen) atoms. The van der Waals surface area contributed by atoms with Crippen molar-refractivity contribution in [2.75, 3.05) is 6.61 Å². The average molecular weight is 563 g/mol. The molecule has 1 aromatic rings. The van der Waals surface area contributed by atoms with Crippen LogP contribution >= 0.6 is 22.6 Å². The number of alkyl halides is 3. The number of esters is 1. The van der Waals surface area contributed by atoms with Gasteiger partial charge in [0.15, 0.2) is 16.3 Å². The average Bonchev–Trinajstić information content (AvgIpc) is 3.12. The second kappa shape index (κ2) is 9.60. The number of carbonyl (C=O) groups excluding carboxylic acids is 1. The van der Waals surface area contributed by atoms with Gasteiger partial charge in [0, 0.05) is 6.42 Å². The highest BCUT2D eigenvalue weighted by molar-refractivity contribution is 14.1. The third kappa shape index (κ3) is 5.58. The number of hydrogen-bond donors (Lipinski definition) is 0. The first-order chi connectivity index (χ1) is 13.8. The molecule has 0 aromatic heterocycles. The zero-order valence-corrected chi connectivity index (χ0v) is 19.5. The van der Waals surface area contributed by atoms with Crippen molar-refractivity contribution in [3.8, 4) is 5.75 Å². The maximum atomic E-state index is 13.5. The summed E-state index contributed by atoms with van der Waals surface area (Å²) in [5, 5.41) is -5.09. The predicted molar refractivity (Wildman–Crippen MR) is 110 cm³/mol. The number of benzene rings is 1. The van der Waals surface area contributed by atoms with Gasteiger partial charge in [0.1, 0.15) is 11.4 Å². The number of rotatable bonds is 9. The monoisotopic (exact) mass is 563 g/mol. The highest BCUT2D eigenvalue weighted by Crippen LogP contribution is 2.41. The van der Waals surface area contributed by atoms with Crippen molar-refractivity contribution in [1.29, 1.82) is 0 Å². The zero-order chi connectivity index (χ0) is 22.7. The van der Waals surface area contributed by atoms with Crippen LogP contribution in [-0.4, -0.2) is 42.6 Å². The van der Waals surface area contributed by atoms with Crippen LogP contribution in [0.1, 0.15) is 56.3 Å². The highest BCUT2D eigenvalue weighted by atomic mass is 127. The smallest absolute Gasteiger partial charge is 0.364 e. The Hall–Kier alpha value is -1.08. The van der Waals surface area contributed by atoms with Crippen molar-refractivity contribution in [3.63, 3.8) is 0 Å². The van der Waals surface area contributed by atoms with Gasteiger partial charge in [0.05, 0.1) is 15.7 Å². The quantitative estimate of drug-likeness (QED) is 0.247. The van der Waals surface area contributed by atoms with Gasteiger partial charge < -0.3 is 14.0 Å². The third-order valence-corrected chi connectivity index (χ3v) is 7.10. The molecule has 0 bridgehead atoms. The Labute approximate surface area is 187 Å². The summed E-state index contributed by atoms with van der Waals surface area (Å²) in [5.41, 5.74) is -0.250. The second-order valence-electron chi connectivity index (χ2n) is 7.58. The molecule has 1 aliphatic carbocycles. The van der Waals surface area contributed by atoms with Crippen molar-refractivity contribution < 1.29 is 40.4 Å². The largest absolute Gasteiger partial charge is 0.743 e. The van der Waals surface area contributed by atoms with Crippen LogP contribution in [0.25, 0.3) is 0 Å². The predicted octanol–water partition coefficient (Wildman–Crippen LogP) is 4.66. The molecule has 1 aromatic carbocycles. The van der Waals surface area contributed by atoms with Gasteiger partial charge in [-0.2, -0.15) is 8.78 Å². The van der Waals surface area contributed by atoms with E-state index < -0.39 is 40.5 Å². The van der Waals surface area contributed by atoms with Crippen molar-refractivity contribution >= 4 is 38.7 Å². The molecular formula is C19H23F3IO6S-. The van der Waals surface area contributed by atoms with Gasteiger partial charge in [0.25, 0.3) is 0 Å². The van der Waals surface area contributed by atoms with Crippen LogP contribution in [0.4, 0.5) is 13.2 Å². The molecule has 1 aliphatic rings. The van der Waals surface area contributed by atoms with E-state index in [1.807, 2.05) is 0 Å². The molecule has 6 nitrogen and oxygen atoms in total. The molecular weight excluding hydrogens is 540 g/mol. The van der Waals surface area contributed by atoms with Gasteiger partial charge in [-0.1, -0.05) is 13.8 Å². The summed E-state index contributed by atoms with van der Waals surface area (Å²) in [6, 6.07) is 4.58. The van der Waals surface area contributed by atoms with E-state index in [1.165, 1.54) is 12.1 Å². The summed E-state index contributed by atoms with van der Waals surface area (Å²) in [4.78, 5) is 12.2. The summed E-state index contributed by atoms with van der Waals surface area (Å²) in [7, 11) is -6.16. The van der Waals surface area contributed by atoms with E-state index in [9.17, 15) is 30.9 Å². The van der Waals surface area contributed by atoms with E-state index in [2.05, 4.69) is 36.4 Å². The third-order valence-electron chi connectivity index (χ3n) is 5.28. The summed E-state index contributed by atoms with van der Waals surface area (Å²) in [6.07, 6.45) is -0.537. The zero-order valence-electron chi connectivity index (χ0n) is 16.5. The maximum Gasteiger partial charge on any atom is 0.364 e. The molecule has 0 heterocycles. The van der Waals surface area contributed by atoms with Crippen molar-refractivity contribution in [1.82, 2.24) is 0 Å². The van der Waals surface area contributed by atoms with Crippen LogP contribution in [0.5, 0.6) is 5.75 Å². The fourth-order valence-electron chi connectivity index (χ4n) is 3.36. The van der Waals surface area contributed by atoms with E-state index in [4.69, 9.17) is 9.47 Å². The van der Waals surface area contributed by atoms with Crippen molar-refractivity contribution in [3.05, 3.63) is 27.3 Å². The molecule has 0 N–H and O–H groups in total. The Morgan fingerprint density at radius 1 is 1.30 bits per heavy atom. The summed E-state index contributed by atoms with van der Waals surface area (Å²) < 4.78 is 82.9. The van der Waals surface area contributed by atoms with Crippen molar-refractivity contribution in [2.24, 2.45) is 5.92 Å². The molecule has 0 aliphatic heterocycles. The van der Waals surface area contributed by atoms with Gasteiger partial charge in [-0.15, -0.1) is 0 Å². The van der Waals surface area contributed by atoms with Gasteiger partial charge in [-0.3, -0.25) is 0 Å². The minimum absolute atomic E-state index is 0.0842. The second-order valence-corrected chi connectivity index (χ2v) is 10.2. The van der Waals surface area contributed by atoms with E-state index in [0.29, 0.717) is 5.75 Å². The topological polar surface area (TPSA) is 92.7 Å². The minimum Gasteiger partial charge on any atom is -0.743 e. The molecule has 1 atom stereocenters. The van der Waals surface area contributed by atoms with Gasteiger partial charge in [-0.05, 0) is 72.4 Å². The van der Waals surface area contributed by atoms with E-state index in [1.54, 1.807) is 6.07 Å². The van der Waals surface area contributed by atoms with Crippen molar-refractivity contribution in [2.45, 2.75) is 63.0 Å². The molecule has 0 amide bonds. The molecule has 0 saturated heterocycles. The standard InChI is InChI=1S/C19H24F3IO6S/c1-12(2)18(8-3-4-9-18)29-15-11-13(5-6-14(15)23)17(24)28-10-7-16(20)19(21,22)30(25,26)27/h5-6,11-12,16H,3-4,7-10H2,1-2H3,(H,25,26,27)/p-1. The van der Waals surface area contributed by atoms with E-state index in [-0.39, 0.29) is 17.1 Å². The van der Waals surface area contributed by atoms with Crippen LogP contribution in [-0.2, 0) is 14.9 Å². The molecule has 1 saturated carbocycles. The minimum atomic E-state index is -6.16. The molecule has 1 unspecified atom stereocenters. The Morgan fingerprint density at radius 3 is 2.43 bits per heavy atom. The van der Waals surface area contributed by atoms with Crippen LogP contribution in [0.15, 0.2) is 18.2 Å². The van der Waals surface area contributed by atoms with Crippen LogP contribution in [0.3, 0.4) is 0 Å². The lowest BCUT2D eigenvalue weighted by atomic mass is 9.88. The van der Waals surface area contributed by atoms with Crippen LogP contribution in [0.2, 0.25) is 0 Å². The first-order valence-electron chi connectivity index (χ1n) is 9.43. The molecule has 170 valence electrons. The van der Waals surface area contributed by atoms with Gasteiger partial charge in [0.2, 0.25) is 0 Å². The molecule has 1 fully saturated rings. The fraction of sp³-hybridized carbons (Fsp3) is 0.632. The maximum absolute atomic E-state index is 13.5. The molecule has 2 rings (SSSR count). The Morgan fingerprint density at radius 2 is 1.90 bits per heavy atom. The fourth-order valence-corrected chi connectivity index (χ4v) is 4.24. The number of hydrogen-bond acceptors (Lipinski definition) is 6. The Bertz CT molecular complexity index is 869. The lowest BCUT2D eigenvalue weighted by Crippen LogP contribution is -2.39.